The summed E-state index contributed by atoms with van der Waals surface area (Å²) in [5, 5.41) is 0. The summed E-state index contributed by atoms with van der Waals surface area (Å²) in [5.41, 5.74) is 0.157. The van der Waals surface area contributed by atoms with Gasteiger partial charge in [0.1, 0.15) is 5.78 Å². The van der Waals surface area contributed by atoms with Crippen LogP contribution in [-0.2, 0) is 4.79 Å². The number of hydrogen-bond donors (Lipinski definition) is 0. The molecular weight excluding hydrogens is 148 g/mol. The van der Waals surface area contributed by atoms with Gasteiger partial charge >= 0.3 is 0 Å². The molecule has 0 spiro atoms. The summed E-state index contributed by atoms with van der Waals surface area (Å²) in [6, 6.07) is 0. The van der Waals surface area contributed by atoms with Crippen molar-refractivity contribution in [3.8, 4) is 0 Å². The third kappa shape index (κ3) is 0.949. The zero-order chi connectivity index (χ0) is 8.82. The van der Waals surface area contributed by atoms with E-state index in [1.165, 1.54) is 12.8 Å². The van der Waals surface area contributed by atoms with Gasteiger partial charge in [0.2, 0.25) is 0 Å². The van der Waals surface area contributed by atoms with Crippen molar-refractivity contribution < 1.29 is 4.79 Å². The molecule has 0 radical (unpaired) electrons. The van der Waals surface area contributed by atoms with Crippen molar-refractivity contribution in [1.82, 2.24) is 0 Å². The molecule has 2 fully saturated rings. The van der Waals surface area contributed by atoms with Gasteiger partial charge in [-0.2, -0.15) is 0 Å². The Bertz CT molecular complexity index is 187. The number of rotatable bonds is 2. The standard InChI is InChI=1S/C11H18O/c1-10(5-3-6-10)9(12)11(2)7-4-8-11/h3-8H2,1-2H3. The molecular formula is C11H18O. The largest absolute Gasteiger partial charge is 0.298 e. The zero-order valence-electron chi connectivity index (χ0n) is 8.15. The number of carbonyl (C=O) groups excluding carboxylic acids is 1. The van der Waals surface area contributed by atoms with E-state index >= 15 is 0 Å². The Balaban J connectivity index is 2.08. The first-order chi connectivity index (χ1) is 5.57. The van der Waals surface area contributed by atoms with Crippen LogP contribution in [0.2, 0.25) is 0 Å². The summed E-state index contributed by atoms with van der Waals surface area (Å²) in [7, 11) is 0. The maximum atomic E-state index is 12.1. The van der Waals surface area contributed by atoms with Crippen LogP contribution in [0.4, 0.5) is 0 Å². The molecule has 0 amide bonds. The second kappa shape index (κ2) is 2.34. The zero-order valence-corrected chi connectivity index (χ0v) is 8.15. The Kier molecular flexibility index (Phi) is 1.61. The first kappa shape index (κ1) is 8.28. The lowest BCUT2D eigenvalue weighted by molar-refractivity contribution is -0.146. The summed E-state index contributed by atoms with van der Waals surface area (Å²) in [6.45, 7) is 4.31. The van der Waals surface area contributed by atoms with Gasteiger partial charge in [0.25, 0.3) is 0 Å². The Labute approximate surface area is 74.5 Å². The normalized spacial score (nSPS) is 30.2. The molecule has 68 valence electrons. The van der Waals surface area contributed by atoms with Crippen molar-refractivity contribution in [1.29, 1.82) is 0 Å². The highest BCUT2D eigenvalue weighted by molar-refractivity contribution is 5.91. The van der Waals surface area contributed by atoms with Gasteiger partial charge in [-0.25, -0.2) is 0 Å². The quantitative estimate of drug-likeness (QED) is 0.616. The lowest BCUT2D eigenvalue weighted by Gasteiger charge is -2.47. The van der Waals surface area contributed by atoms with Gasteiger partial charge in [-0.3, -0.25) is 4.79 Å². The van der Waals surface area contributed by atoms with Crippen LogP contribution < -0.4 is 0 Å². The average molecular weight is 166 g/mol. The van der Waals surface area contributed by atoms with E-state index in [1.807, 2.05) is 0 Å². The molecule has 0 aromatic rings. The summed E-state index contributed by atoms with van der Waals surface area (Å²) >= 11 is 0. The van der Waals surface area contributed by atoms with Crippen LogP contribution in [-0.4, -0.2) is 5.78 Å². The van der Waals surface area contributed by atoms with Gasteiger partial charge in [-0.05, 0) is 25.7 Å². The van der Waals surface area contributed by atoms with E-state index in [1.54, 1.807) is 0 Å². The SMILES string of the molecule is CC1(C(=O)C2(C)CCC2)CCC1. The molecule has 12 heavy (non-hydrogen) atoms. The smallest absolute Gasteiger partial charge is 0.144 e. The molecule has 1 nitrogen and oxygen atoms in total. The van der Waals surface area contributed by atoms with Crippen LogP contribution in [0.15, 0.2) is 0 Å². The summed E-state index contributed by atoms with van der Waals surface area (Å²) in [5.74, 6) is 0.563. The highest BCUT2D eigenvalue weighted by Crippen LogP contribution is 2.52. The van der Waals surface area contributed by atoms with Crippen molar-refractivity contribution in [2.24, 2.45) is 10.8 Å². The van der Waals surface area contributed by atoms with Gasteiger partial charge in [-0.1, -0.05) is 26.7 Å². The summed E-state index contributed by atoms with van der Waals surface area (Å²) < 4.78 is 0. The highest BCUT2D eigenvalue weighted by atomic mass is 16.1. The molecule has 0 unspecified atom stereocenters. The van der Waals surface area contributed by atoms with Gasteiger partial charge < -0.3 is 0 Å². The number of ketones is 1. The molecule has 2 saturated carbocycles. The summed E-state index contributed by atoms with van der Waals surface area (Å²) in [6.07, 6.45) is 7.09. The predicted octanol–water partition coefficient (Wildman–Crippen LogP) is 2.94. The first-order valence-electron chi connectivity index (χ1n) is 5.12. The fourth-order valence-corrected chi connectivity index (χ4v) is 2.60. The van der Waals surface area contributed by atoms with E-state index in [-0.39, 0.29) is 10.8 Å². The molecule has 0 aromatic carbocycles. The average Bonchev–Trinajstić information content (AvgIpc) is 1.94. The lowest BCUT2D eigenvalue weighted by atomic mass is 9.55. The molecule has 0 atom stereocenters. The Morgan fingerprint density at radius 3 is 1.42 bits per heavy atom. The predicted molar refractivity (Wildman–Crippen MR) is 48.9 cm³/mol. The first-order valence-corrected chi connectivity index (χ1v) is 5.12. The lowest BCUT2D eigenvalue weighted by Crippen LogP contribution is -2.47. The van der Waals surface area contributed by atoms with Crippen LogP contribution in [0.3, 0.4) is 0 Å². The van der Waals surface area contributed by atoms with E-state index in [9.17, 15) is 4.79 Å². The van der Waals surface area contributed by atoms with Crippen molar-refractivity contribution >= 4 is 5.78 Å². The second-order valence-electron chi connectivity index (χ2n) is 5.16. The number of Topliss-reactive ketones (excluding diaryl/α,β-unsaturated/α-hetero) is 1. The van der Waals surface area contributed by atoms with Crippen LogP contribution in [0.25, 0.3) is 0 Å². The van der Waals surface area contributed by atoms with Crippen LogP contribution in [0.1, 0.15) is 52.4 Å². The number of carbonyl (C=O) groups is 1. The molecule has 0 saturated heterocycles. The minimum Gasteiger partial charge on any atom is -0.298 e. The molecule has 0 N–H and O–H groups in total. The maximum absolute atomic E-state index is 12.1. The van der Waals surface area contributed by atoms with Crippen molar-refractivity contribution in [3.05, 3.63) is 0 Å². The molecule has 2 rings (SSSR count). The van der Waals surface area contributed by atoms with Crippen LogP contribution in [0, 0.1) is 10.8 Å². The Hall–Kier alpha value is -0.330. The fraction of sp³-hybridized carbons (Fsp3) is 0.909. The van der Waals surface area contributed by atoms with E-state index in [4.69, 9.17) is 0 Å². The van der Waals surface area contributed by atoms with Crippen LogP contribution in [0.5, 0.6) is 0 Å². The maximum Gasteiger partial charge on any atom is 0.144 e. The topological polar surface area (TPSA) is 17.1 Å². The van der Waals surface area contributed by atoms with E-state index in [0.29, 0.717) is 5.78 Å². The third-order valence-electron chi connectivity index (χ3n) is 4.01. The molecule has 0 aliphatic heterocycles. The van der Waals surface area contributed by atoms with E-state index in [0.717, 1.165) is 25.7 Å². The fourth-order valence-electron chi connectivity index (χ4n) is 2.60. The van der Waals surface area contributed by atoms with Crippen molar-refractivity contribution in [2.75, 3.05) is 0 Å². The van der Waals surface area contributed by atoms with Gasteiger partial charge in [0.05, 0.1) is 0 Å². The van der Waals surface area contributed by atoms with Crippen molar-refractivity contribution in [3.63, 3.8) is 0 Å². The molecule has 2 aliphatic rings. The van der Waals surface area contributed by atoms with Gasteiger partial charge in [-0.15, -0.1) is 0 Å². The highest BCUT2D eigenvalue weighted by Gasteiger charge is 2.50. The monoisotopic (exact) mass is 166 g/mol. The van der Waals surface area contributed by atoms with Crippen molar-refractivity contribution in [2.45, 2.75) is 52.4 Å². The minimum absolute atomic E-state index is 0.0785. The van der Waals surface area contributed by atoms with Gasteiger partial charge in [0.15, 0.2) is 0 Å². The molecule has 0 bridgehead atoms. The van der Waals surface area contributed by atoms with E-state index in [2.05, 4.69) is 13.8 Å². The van der Waals surface area contributed by atoms with Crippen LogP contribution >= 0.6 is 0 Å². The second-order valence-corrected chi connectivity index (χ2v) is 5.16. The third-order valence-corrected chi connectivity index (χ3v) is 4.01. The molecule has 1 heteroatoms. The minimum atomic E-state index is 0.0785. The molecule has 2 aliphatic carbocycles. The van der Waals surface area contributed by atoms with E-state index < -0.39 is 0 Å². The Morgan fingerprint density at radius 2 is 1.25 bits per heavy atom. The Morgan fingerprint density at radius 1 is 0.917 bits per heavy atom. The summed E-state index contributed by atoms with van der Waals surface area (Å²) in [4.78, 5) is 12.1. The molecule has 0 heterocycles. The number of hydrogen-bond acceptors (Lipinski definition) is 1. The van der Waals surface area contributed by atoms with Gasteiger partial charge in [0, 0.05) is 10.8 Å². The molecule has 0 aromatic heterocycles.